The maximum atomic E-state index is 6.31. The normalized spacial score (nSPS) is 13.8. The van der Waals surface area contributed by atoms with Gasteiger partial charge in [-0.2, -0.15) is 0 Å². The van der Waals surface area contributed by atoms with Crippen molar-refractivity contribution in [1.29, 1.82) is 0 Å². The second-order valence-electron chi connectivity index (χ2n) is 11.1. The van der Waals surface area contributed by atoms with Crippen LogP contribution in [0.2, 0.25) is 0 Å². The minimum absolute atomic E-state index is 0.147. The van der Waals surface area contributed by atoms with Gasteiger partial charge in [-0.15, -0.1) is 0 Å². The van der Waals surface area contributed by atoms with E-state index < -0.39 is 0 Å². The molecule has 0 saturated carbocycles. The highest BCUT2D eigenvalue weighted by molar-refractivity contribution is 6.13. The molecule has 0 spiro atoms. The van der Waals surface area contributed by atoms with E-state index in [9.17, 15) is 0 Å². The van der Waals surface area contributed by atoms with Gasteiger partial charge in [-0.25, -0.2) is 0 Å². The van der Waals surface area contributed by atoms with Crippen LogP contribution in [-0.2, 0) is 5.41 Å². The molecule has 1 aromatic heterocycles. The van der Waals surface area contributed by atoms with Crippen molar-refractivity contribution in [2.24, 2.45) is 0 Å². The molecule has 0 bridgehead atoms. The van der Waals surface area contributed by atoms with E-state index in [0.717, 1.165) is 17.2 Å². The number of benzene rings is 6. The summed E-state index contributed by atoms with van der Waals surface area (Å²) in [7, 11) is 0. The smallest absolute Gasteiger partial charge is 0.131 e. The minimum Gasteiger partial charge on any atom is -0.457 e. The number of hydrogen-bond acceptors (Lipinski definition) is 1. The van der Waals surface area contributed by atoms with Crippen molar-refractivity contribution in [3.8, 4) is 28.3 Å². The molecule has 0 aliphatic carbocycles. The summed E-state index contributed by atoms with van der Waals surface area (Å²) in [6, 6.07) is 45.9. The average Bonchev–Trinajstić information content (AvgIpc) is 3.29. The Morgan fingerprint density at radius 1 is 0.513 bits per heavy atom. The molecule has 0 atom stereocenters. The number of fused-ring (bicyclic) bond motifs is 6. The Bertz CT molecular complexity index is 2080. The molecule has 0 N–H and O–H groups in total. The summed E-state index contributed by atoms with van der Waals surface area (Å²) >= 11 is 0. The second-order valence-corrected chi connectivity index (χ2v) is 11.1. The van der Waals surface area contributed by atoms with Crippen LogP contribution in [-0.4, -0.2) is 4.57 Å². The minimum atomic E-state index is -0.147. The molecular weight excluding hydrogens is 474 g/mol. The van der Waals surface area contributed by atoms with Gasteiger partial charge in [-0.05, 0) is 70.4 Å². The van der Waals surface area contributed by atoms with E-state index in [0.29, 0.717) is 0 Å². The van der Waals surface area contributed by atoms with Gasteiger partial charge in [-0.1, -0.05) is 92.7 Å². The van der Waals surface area contributed by atoms with Crippen molar-refractivity contribution in [1.82, 2.24) is 4.57 Å². The van der Waals surface area contributed by atoms with Gasteiger partial charge in [0.05, 0.1) is 11.0 Å². The molecule has 2 heteroatoms. The number of ether oxygens (including phenoxy) is 1. The van der Waals surface area contributed by atoms with Crippen LogP contribution in [0.5, 0.6) is 11.5 Å². The van der Waals surface area contributed by atoms with Crippen molar-refractivity contribution in [3.05, 3.63) is 139 Å². The van der Waals surface area contributed by atoms with E-state index >= 15 is 0 Å². The summed E-state index contributed by atoms with van der Waals surface area (Å²) in [4.78, 5) is 0. The topological polar surface area (TPSA) is 14.2 Å². The van der Waals surface area contributed by atoms with Gasteiger partial charge in [0, 0.05) is 33.0 Å². The first kappa shape index (κ1) is 22.2. The molecule has 186 valence electrons. The second kappa shape index (κ2) is 8.09. The Kier molecular flexibility index (Phi) is 4.60. The van der Waals surface area contributed by atoms with Gasteiger partial charge in [0.2, 0.25) is 0 Å². The largest absolute Gasteiger partial charge is 0.457 e. The molecule has 2 heterocycles. The van der Waals surface area contributed by atoms with Crippen molar-refractivity contribution in [3.63, 3.8) is 0 Å². The van der Waals surface area contributed by atoms with Crippen LogP contribution in [0.3, 0.4) is 0 Å². The zero-order chi connectivity index (χ0) is 26.1. The standard InChI is InChI=1S/C37H27NO/c1-37(2)31-15-6-8-17-35(31)39-36-19-18-27(22-32(36)37)24-12-9-13-28(20-24)38-33-16-7-5-14-29(33)30-21-25-10-3-4-11-26(25)23-34(30)38/h3-23H,1-2H3. The van der Waals surface area contributed by atoms with Crippen LogP contribution in [0.15, 0.2) is 127 Å². The highest BCUT2D eigenvalue weighted by atomic mass is 16.5. The van der Waals surface area contributed by atoms with Gasteiger partial charge in [0.1, 0.15) is 11.5 Å². The summed E-state index contributed by atoms with van der Waals surface area (Å²) in [6.45, 7) is 4.58. The first-order valence-corrected chi connectivity index (χ1v) is 13.5. The van der Waals surface area contributed by atoms with Gasteiger partial charge in [0.15, 0.2) is 0 Å². The van der Waals surface area contributed by atoms with Gasteiger partial charge in [-0.3, -0.25) is 0 Å². The van der Waals surface area contributed by atoms with E-state index in [4.69, 9.17) is 4.74 Å². The number of aromatic nitrogens is 1. The lowest BCUT2D eigenvalue weighted by molar-refractivity contribution is 0.418. The molecule has 0 unspecified atom stereocenters. The predicted octanol–water partition coefficient (Wildman–Crippen LogP) is 10.0. The molecule has 0 saturated heterocycles. The fraction of sp³-hybridized carbons (Fsp3) is 0.0811. The van der Waals surface area contributed by atoms with Crippen molar-refractivity contribution < 1.29 is 4.74 Å². The van der Waals surface area contributed by atoms with E-state index in [-0.39, 0.29) is 5.41 Å². The van der Waals surface area contributed by atoms with Crippen LogP contribution in [0.1, 0.15) is 25.0 Å². The monoisotopic (exact) mass is 501 g/mol. The molecule has 8 rings (SSSR count). The zero-order valence-electron chi connectivity index (χ0n) is 22.0. The van der Waals surface area contributed by atoms with Crippen LogP contribution >= 0.6 is 0 Å². The number of nitrogens with zero attached hydrogens (tertiary/aromatic N) is 1. The lowest BCUT2D eigenvalue weighted by atomic mass is 9.75. The predicted molar refractivity (Wildman–Crippen MR) is 162 cm³/mol. The van der Waals surface area contributed by atoms with Crippen LogP contribution in [0.25, 0.3) is 49.4 Å². The Hall–Kier alpha value is -4.82. The molecule has 1 aliphatic rings. The molecule has 2 nitrogen and oxygen atoms in total. The van der Waals surface area contributed by atoms with Crippen molar-refractivity contribution >= 4 is 32.6 Å². The lowest BCUT2D eigenvalue weighted by Gasteiger charge is -2.34. The van der Waals surface area contributed by atoms with Gasteiger partial charge >= 0.3 is 0 Å². The summed E-state index contributed by atoms with van der Waals surface area (Å²) < 4.78 is 8.72. The number of para-hydroxylation sites is 2. The third-order valence-corrected chi connectivity index (χ3v) is 8.41. The first-order chi connectivity index (χ1) is 19.1. The Labute approximate surface area is 227 Å². The van der Waals surface area contributed by atoms with E-state index in [1.165, 1.54) is 54.8 Å². The highest BCUT2D eigenvalue weighted by Crippen LogP contribution is 2.48. The molecule has 1 aliphatic heterocycles. The quantitative estimate of drug-likeness (QED) is 0.230. The SMILES string of the molecule is CC1(C)c2ccccc2Oc2ccc(-c3cccc(-n4c5ccccc5c5cc6ccccc6cc54)c3)cc21. The van der Waals surface area contributed by atoms with Gasteiger partial charge in [0.25, 0.3) is 0 Å². The Morgan fingerprint density at radius 3 is 2.13 bits per heavy atom. The highest BCUT2D eigenvalue weighted by Gasteiger charge is 2.34. The number of hydrogen-bond donors (Lipinski definition) is 0. The third-order valence-electron chi connectivity index (χ3n) is 8.41. The van der Waals surface area contributed by atoms with Gasteiger partial charge < -0.3 is 9.30 Å². The molecule has 0 amide bonds. The fourth-order valence-electron chi connectivity index (χ4n) is 6.38. The summed E-state index contributed by atoms with van der Waals surface area (Å²) in [5, 5.41) is 5.07. The molecule has 39 heavy (non-hydrogen) atoms. The number of rotatable bonds is 2. The fourth-order valence-corrected chi connectivity index (χ4v) is 6.38. The summed E-state index contributed by atoms with van der Waals surface area (Å²) in [6.07, 6.45) is 0. The maximum absolute atomic E-state index is 6.31. The van der Waals surface area contributed by atoms with Crippen LogP contribution in [0, 0.1) is 0 Å². The average molecular weight is 502 g/mol. The van der Waals surface area contributed by atoms with Crippen LogP contribution in [0.4, 0.5) is 0 Å². The zero-order valence-corrected chi connectivity index (χ0v) is 22.0. The molecular formula is C37H27NO. The third kappa shape index (κ3) is 3.28. The molecule has 7 aromatic rings. The Balaban J connectivity index is 1.31. The van der Waals surface area contributed by atoms with Crippen molar-refractivity contribution in [2.45, 2.75) is 19.3 Å². The molecule has 0 radical (unpaired) electrons. The van der Waals surface area contributed by atoms with E-state index in [1.807, 2.05) is 6.07 Å². The molecule has 0 fully saturated rings. The first-order valence-electron chi connectivity index (χ1n) is 13.5. The Morgan fingerprint density at radius 2 is 1.23 bits per heavy atom. The van der Waals surface area contributed by atoms with Crippen molar-refractivity contribution in [2.75, 3.05) is 0 Å². The van der Waals surface area contributed by atoms with Crippen LogP contribution < -0.4 is 4.74 Å². The maximum Gasteiger partial charge on any atom is 0.131 e. The lowest BCUT2D eigenvalue weighted by Crippen LogP contribution is -2.24. The molecule has 6 aromatic carbocycles. The summed E-state index contributed by atoms with van der Waals surface area (Å²) in [5.74, 6) is 1.89. The van der Waals surface area contributed by atoms with E-state index in [2.05, 4.69) is 140 Å². The summed E-state index contributed by atoms with van der Waals surface area (Å²) in [5.41, 5.74) is 8.28. The van der Waals surface area contributed by atoms with E-state index in [1.54, 1.807) is 0 Å².